The molecule has 0 saturated carbocycles. The first-order valence-corrected chi connectivity index (χ1v) is 5.61. The number of nitrogens with two attached hydrogens (primary N) is 1. The Balaban J connectivity index is 2.22. The molecule has 80 valence electrons. The number of anilines is 1. The van der Waals surface area contributed by atoms with Crippen molar-refractivity contribution in [3.63, 3.8) is 0 Å². The van der Waals surface area contributed by atoms with Gasteiger partial charge in [0.1, 0.15) is 0 Å². The quantitative estimate of drug-likeness (QED) is 0.681. The van der Waals surface area contributed by atoms with Crippen LogP contribution in [-0.2, 0) is 0 Å². The van der Waals surface area contributed by atoms with Crippen LogP contribution in [-0.4, -0.2) is 5.71 Å². The number of nitrogen functional groups attached to an aromatic ring is 1. The Morgan fingerprint density at radius 2 is 2.19 bits per heavy atom. The van der Waals surface area contributed by atoms with Gasteiger partial charge >= 0.3 is 0 Å². The fourth-order valence-corrected chi connectivity index (χ4v) is 2.50. The van der Waals surface area contributed by atoms with Crippen LogP contribution in [0.5, 0.6) is 0 Å². The third kappa shape index (κ3) is 1.30. The van der Waals surface area contributed by atoms with Gasteiger partial charge in [0.15, 0.2) is 0 Å². The average Bonchev–Trinajstić information content (AvgIpc) is 2.57. The highest BCUT2D eigenvalue weighted by molar-refractivity contribution is 6.38. The predicted octanol–water partition coefficient (Wildman–Crippen LogP) is 3.51. The third-order valence-corrected chi connectivity index (χ3v) is 3.19. The number of rotatable bonds is 0. The summed E-state index contributed by atoms with van der Waals surface area (Å²) in [6, 6.07) is 5.79. The number of hydrogen-bond acceptors (Lipinski definition) is 2. The Labute approximate surface area is 99.1 Å². The van der Waals surface area contributed by atoms with Crippen molar-refractivity contribution in [3.05, 3.63) is 40.9 Å². The summed E-state index contributed by atoms with van der Waals surface area (Å²) in [6.45, 7) is 2.10. The summed E-state index contributed by atoms with van der Waals surface area (Å²) in [4.78, 5) is 4.62. The van der Waals surface area contributed by atoms with E-state index in [2.05, 4.69) is 11.9 Å². The van der Waals surface area contributed by atoms with Crippen molar-refractivity contribution in [2.75, 3.05) is 5.73 Å². The summed E-state index contributed by atoms with van der Waals surface area (Å²) in [5.41, 5.74) is 10.8. The van der Waals surface area contributed by atoms with Gasteiger partial charge in [-0.2, -0.15) is 0 Å². The average molecular weight is 231 g/mol. The molecule has 1 atom stereocenters. The molecule has 0 radical (unpaired) electrons. The molecule has 1 aromatic rings. The molecule has 2 aliphatic rings. The largest absolute Gasteiger partial charge is 0.399 e. The van der Waals surface area contributed by atoms with Crippen LogP contribution in [0, 0.1) is 5.92 Å². The van der Waals surface area contributed by atoms with Crippen molar-refractivity contribution in [2.24, 2.45) is 10.9 Å². The second-order valence-corrected chi connectivity index (χ2v) is 4.61. The molecule has 0 spiro atoms. The monoisotopic (exact) mass is 230 g/mol. The number of benzene rings is 1. The zero-order valence-electron chi connectivity index (χ0n) is 8.87. The lowest BCUT2D eigenvalue weighted by Crippen LogP contribution is -2.11. The minimum absolute atomic E-state index is 0.265. The summed E-state index contributed by atoms with van der Waals surface area (Å²) < 4.78 is 0. The van der Waals surface area contributed by atoms with Crippen molar-refractivity contribution in [2.45, 2.75) is 6.92 Å². The lowest BCUT2D eigenvalue weighted by Gasteiger charge is -2.14. The molecule has 2 nitrogen and oxygen atoms in total. The molecule has 0 amide bonds. The molecule has 1 heterocycles. The molecule has 2 N–H and O–H groups in total. The van der Waals surface area contributed by atoms with E-state index in [1.165, 1.54) is 0 Å². The van der Waals surface area contributed by atoms with Crippen molar-refractivity contribution in [1.82, 2.24) is 0 Å². The van der Waals surface area contributed by atoms with Crippen molar-refractivity contribution < 1.29 is 0 Å². The number of allylic oxidation sites excluding steroid dienone is 4. The molecule has 3 rings (SSSR count). The second-order valence-electron chi connectivity index (χ2n) is 4.17. The van der Waals surface area contributed by atoms with E-state index in [1.807, 2.05) is 30.4 Å². The van der Waals surface area contributed by atoms with Crippen LogP contribution < -0.4 is 5.73 Å². The lowest BCUT2D eigenvalue weighted by atomic mass is 9.90. The van der Waals surface area contributed by atoms with Crippen LogP contribution in [0.25, 0.3) is 5.57 Å². The minimum atomic E-state index is 0.265. The maximum atomic E-state index is 6.08. The van der Waals surface area contributed by atoms with Gasteiger partial charge in [-0.3, -0.25) is 4.99 Å². The topological polar surface area (TPSA) is 38.4 Å². The van der Waals surface area contributed by atoms with E-state index in [-0.39, 0.29) is 5.92 Å². The molecular formula is C13H11ClN2. The van der Waals surface area contributed by atoms with Crippen molar-refractivity contribution >= 4 is 34.3 Å². The van der Waals surface area contributed by atoms with E-state index < -0.39 is 0 Å². The molecule has 0 bridgehead atoms. The van der Waals surface area contributed by atoms with Crippen LogP contribution in [0.3, 0.4) is 0 Å². The molecule has 1 unspecified atom stereocenters. The smallest absolute Gasteiger partial charge is 0.0714 e. The van der Waals surface area contributed by atoms with Gasteiger partial charge < -0.3 is 5.73 Å². The highest BCUT2D eigenvalue weighted by Crippen LogP contribution is 2.41. The van der Waals surface area contributed by atoms with Gasteiger partial charge in [-0.15, -0.1) is 0 Å². The minimum Gasteiger partial charge on any atom is -0.399 e. The van der Waals surface area contributed by atoms with E-state index in [0.717, 1.165) is 33.3 Å². The molecule has 0 fully saturated rings. The van der Waals surface area contributed by atoms with E-state index >= 15 is 0 Å². The van der Waals surface area contributed by atoms with Gasteiger partial charge in [0.2, 0.25) is 0 Å². The predicted molar refractivity (Wildman–Crippen MR) is 69.0 cm³/mol. The van der Waals surface area contributed by atoms with Gasteiger partial charge in [0.05, 0.1) is 11.4 Å². The molecule has 16 heavy (non-hydrogen) atoms. The summed E-state index contributed by atoms with van der Waals surface area (Å²) in [5.74, 6) is 0.265. The Hall–Kier alpha value is -1.54. The molecule has 1 aromatic carbocycles. The van der Waals surface area contributed by atoms with Crippen molar-refractivity contribution in [3.8, 4) is 0 Å². The van der Waals surface area contributed by atoms with Crippen molar-refractivity contribution in [1.29, 1.82) is 0 Å². The molecule has 0 saturated heterocycles. The molecule has 3 heteroatoms. The normalized spacial score (nSPS) is 21.9. The lowest BCUT2D eigenvalue weighted by molar-refractivity contribution is 1.00. The zero-order valence-corrected chi connectivity index (χ0v) is 9.62. The first-order valence-electron chi connectivity index (χ1n) is 5.23. The Morgan fingerprint density at radius 3 is 3.00 bits per heavy atom. The summed E-state index contributed by atoms with van der Waals surface area (Å²) in [5, 5.41) is 0.775. The third-order valence-electron chi connectivity index (χ3n) is 2.95. The Kier molecular flexibility index (Phi) is 1.95. The van der Waals surface area contributed by atoms with Gasteiger partial charge in [-0.05, 0) is 24.3 Å². The molecule has 0 aromatic heterocycles. The Morgan fingerprint density at radius 1 is 1.38 bits per heavy atom. The summed E-state index contributed by atoms with van der Waals surface area (Å²) in [6.07, 6.45) is 3.98. The van der Waals surface area contributed by atoms with Crippen LogP contribution in [0.4, 0.5) is 11.4 Å². The highest BCUT2D eigenvalue weighted by atomic mass is 35.5. The first-order chi connectivity index (χ1) is 7.65. The van der Waals surface area contributed by atoms with E-state index in [4.69, 9.17) is 17.3 Å². The summed E-state index contributed by atoms with van der Waals surface area (Å²) in [7, 11) is 0. The number of fused-ring (bicyclic) bond motifs is 3. The molecular weight excluding hydrogens is 220 g/mol. The zero-order chi connectivity index (χ0) is 11.3. The standard InChI is InChI=1S/C13H11ClN2/c1-7-4-8(14)5-11-10-6-9(15)2-3-12(10)16-13(7)11/h2-7H,15H2,1H3. The van der Waals surface area contributed by atoms with Crippen LogP contribution >= 0.6 is 11.6 Å². The van der Waals surface area contributed by atoms with E-state index in [1.54, 1.807) is 0 Å². The number of nitrogens with zero attached hydrogens (tertiary/aromatic N) is 1. The van der Waals surface area contributed by atoms with E-state index in [9.17, 15) is 0 Å². The second kappa shape index (κ2) is 3.22. The SMILES string of the molecule is CC1C=C(Cl)C=C2C1=Nc1ccc(N)cc12. The van der Waals surface area contributed by atoms with Crippen LogP contribution in [0.15, 0.2) is 40.4 Å². The van der Waals surface area contributed by atoms with Gasteiger partial charge in [-0.1, -0.05) is 24.6 Å². The maximum absolute atomic E-state index is 6.08. The first kappa shape index (κ1) is 9.67. The number of halogens is 1. The number of aliphatic imine (C=N–C) groups is 1. The summed E-state index contributed by atoms with van der Waals surface area (Å²) >= 11 is 6.08. The number of hydrogen-bond donors (Lipinski definition) is 1. The van der Waals surface area contributed by atoms with Crippen LogP contribution in [0.1, 0.15) is 12.5 Å². The fourth-order valence-electron chi connectivity index (χ4n) is 2.20. The molecule has 1 aliphatic heterocycles. The van der Waals surface area contributed by atoms with Gasteiger partial charge in [-0.25, -0.2) is 0 Å². The fraction of sp³-hybridized carbons (Fsp3) is 0.154. The Bertz CT molecular complexity index is 567. The van der Waals surface area contributed by atoms with Gasteiger partial charge in [0, 0.05) is 27.8 Å². The van der Waals surface area contributed by atoms with Gasteiger partial charge in [0.25, 0.3) is 0 Å². The van der Waals surface area contributed by atoms with E-state index in [0.29, 0.717) is 0 Å². The van der Waals surface area contributed by atoms with Crippen LogP contribution in [0.2, 0.25) is 0 Å². The highest BCUT2D eigenvalue weighted by Gasteiger charge is 2.26. The molecule has 1 aliphatic carbocycles. The maximum Gasteiger partial charge on any atom is 0.0714 e.